The quantitative estimate of drug-likeness (QED) is 0.685. The van der Waals surface area contributed by atoms with Crippen molar-refractivity contribution in [2.75, 3.05) is 13.1 Å². The molecule has 0 amide bonds. The molecule has 1 rings (SSSR count). The van der Waals surface area contributed by atoms with Crippen LogP contribution in [0.3, 0.4) is 0 Å². The van der Waals surface area contributed by atoms with Gasteiger partial charge in [0.2, 0.25) is 0 Å². The highest BCUT2D eigenvalue weighted by atomic mass is 19.2. The topological polar surface area (TPSA) is 12.0 Å². The summed E-state index contributed by atoms with van der Waals surface area (Å²) in [6.07, 6.45) is 5.28. The monoisotopic (exact) mass is 241 g/mol. The number of nitrogens with one attached hydrogen (secondary N) is 1. The first-order valence-corrected chi connectivity index (χ1v) is 6.38. The Bertz CT molecular complexity index is 326. The average Bonchev–Trinajstić information content (AvgIpc) is 2.32. The standard InChI is InChI=1S/C14H21F2N/c1-2-9-17-10-5-3-4-6-12-7-8-13(15)14(16)11-12/h7-8,11,17H,2-6,9-10H2,1H3. The molecule has 0 aliphatic rings. The SMILES string of the molecule is CCCNCCCCCc1ccc(F)c(F)c1. The van der Waals surface area contributed by atoms with Gasteiger partial charge in [-0.15, -0.1) is 0 Å². The smallest absolute Gasteiger partial charge is 0.159 e. The maximum absolute atomic E-state index is 12.9. The molecule has 0 unspecified atom stereocenters. The lowest BCUT2D eigenvalue weighted by Crippen LogP contribution is -2.15. The molecule has 0 saturated carbocycles. The fraction of sp³-hybridized carbons (Fsp3) is 0.571. The zero-order valence-electron chi connectivity index (χ0n) is 10.4. The first kappa shape index (κ1) is 14.1. The van der Waals surface area contributed by atoms with E-state index < -0.39 is 11.6 Å². The van der Waals surface area contributed by atoms with Crippen molar-refractivity contribution in [3.05, 3.63) is 35.4 Å². The van der Waals surface area contributed by atoms with Crippen molar-refractivity contribution in [1.29, 1.82) is 0 Å². The lowest BCUT2D eigenvalue weighted by Gasteiger charge is -2.04. The molecule has 0 heterocycles. The van der Waals surface area contributed by atoms with E-state index in [1.807, 2.05) is 0 Å². The molecule has 0 bridgehead atoms. The number of aryl methyl sites for hydroxylation is 1. The van der Waals surface area contributed by atoms with Gasteiger partial charge in [-0.3, -0.25) is 0 Å². The minimum atomic E-state index is -0.766. The zero-order chi connectivity index (χ0) is 12.5. The lowest BCUT2D eigenvalue weighted by molar-refractivity contribution is 0.506. The second kappa shape index (κ2) is 8.18. The average molecular weight is 241 g/mol. The molecule has 3 heteroatoms. The third-order valence-electron chi connectivity index (χ3n) is 2.73. The summed E-state index contributed by atoms with van der Waals surface area (Å²) < 4.78 is 25.6. The van der Waals surface area contributed by atoms with Crippen LogP contribution in [0.1, 0.15) is 38.2 Å². The zero-order valence-corrected chi connectivity index (χ0v) is 10.4. The van der Waals surface area contributed by atoms with Crippen LogP contribution in [0.15, 0.2) is 18.2 Å². The van der Waals surface area contributed by atoms with Crippen LogP contribution in [0, 0.1) is 11.6 Å². The normalized spacial score (nSPS) is 10.8. The minimum absolute atomic E-state index is 0.743. The van der Waals surface area contributed by atoms with Gasteiger partial charge in [0.25, 0.3) is 0 Å². The maximum Gasteiger partial charge on any atom is 0.159 e. The molecular formula is C14H21F2N. The van der Waals surface area contributed by atoms with Crippen molar-refractivity contribution in [3.63, 3.8) is 0 Å². The Hall–Kier alpha value is -0.960. The highest BCUT2D eigenvalue weighted by Crippen LogP contribution is 2.11. The summed E-state index contributed by atoms with van der Waals surface area (Å²) >= 11 is 0. The van der Waals surface area contributed by atoms with Crippen LogP contribution in [-0.2, 0) is 6.42 Å². The van der Waals surface area contributed by atoms with Crippen LogP contribution < -0.4 is 5.32 Å². The van der Waals surface area contributed by atoms with Gasteiger partial charge in [0, 0.05) is 0 Å². The van der Waals surface area contributed by atoms with Crippen molar-refractivity contribution in [2.24, 2.45) is 0 Å². The van der Waals surface area contributed by atoms with E-state index in [4.69, 9.17) is 0 Å². The summed E-state index contributed by atoms with van der Waals surface area (Å²) in [5, 5.41) is 3.34. The van der Waals surface area contributed by atoms with Gasteiger partial charge in [-0.05, 0) is 56.5 Å². The van der Waals surface area contributed by atoms with Crippen LogP contribution in [0.25, 0.3) is 0 Å². The molecule has 96 valence electrons. The molecule has 0 aromatic heterocycles. The summed E-state index contributed by atoms with van der Waals surface area (Å²) in [5.41, 5.74) is 0.880. The summed E-state index contributed by atoms with van der Waals surface area (Å²) in [4.78, 5) is 0. The van der Waals surface area contributed by atoms with Crippen molar-refractivity contribution in [2.45, 2.75) is 39.0 Å². The molecule has 0 aliphatic heterocycles. The van der Waals surface area contributed by atoms with E-state index in [0.717, 1.165) is 50.8 Å². The predicted molar refractivity (Wildman–Crippen MR) is 67.1 cm³/mol. The molecule has 1 N–H and O–H groups in total. The van der Waals surface area contributed by atoms with E-state index in [1.165, 1.54) is 12.1 Å². The third kappa shape index (κ3) is 5.78. The van der Waals surface area contributed by atoms with E-state index in [-0.39, 0.29) is 0 Å². The minimum Gasteiger partial charge on any atom is -0.317 e. The van der Waals surface area contributed by atoms with Gasteiger partial charge in [0.1, 0.15) is 0 Å². The van der Waals surface area contributed by atoms with Crippen LogP contribution in [0.5, 0.6) is 0 Å². The second-order valence-corrected chi connectivity index (χ2v) is 4.31. The van der Waals surface area contributed by atoms with E-state index in [1.54, 1.807) is 6.07 Å². The summed E-state index contributed by atoms with van der Waals surface area (Å²) in [6, 6.07) is 4.16. The van der Waals surface area contributed by atoms with E-state index >= 15 is 0 Å². The molecule has 0 atom stereocenters. The molecule has 17 heavy (non-hydrogen) atoms. The van der Waals surface area contributed by atoms with Crippen molar-refractivity contribution >= 4 is 0 Å². The van der Waals surface area contributed by atoms with Gasteiger partial charge in [-0.2, -0.15) is 0 Å². The Morgan fingerprint density at radius 1 is 1.00 bits per heavy atom. The molecule has 1 nitrogen and oxygen atoms in total. The Labute approximate surface area is 102 Å². The Balaban J connectivity index is 2.11. The number of hydrogen-bond acceptors (Lipinski definition) is 1. The van der Waals surface area contributed by atoms with Gasteiger partial charge in [-0.1, -0.05) is 19.4 Å². The molecule has 1 aromatic carbocycles. The summed E-state index contributed by atoms with van der Waals surface area (Å²) in [6.45, 7) is 4.27. The highest BCUT2D eigenvalue weighted by Gasteiger charge is 2.01. The van der Waals surface area contributed by atoms with Crippen molar-refractivity contribution in [1.82, 2.24) is 5.32 Å². The number of hydrogen-bond donors (Lipinski definition) is 1. The molecular weight excluding hydrogens is 220 g/mol. The van der Waals surface area contributed by atoms with Gasteiger partial charge < -0.3 is 5.32 Å². The Morgan fingerprint density at radius 3 is 2.53 bits per heavy atom. The number of unbranched alkanes of at least 4 members (excludes halogenated alkanes) is 2. The highest BCUT2D eigenvalue weighted by molar-refractivity contribution is 5.17. The van der Waals surface area contributed by atoms with E-state index in [0.29, 0.717) is 0 Å². The van der Waals surface area contributed by atoms with Crippen LogP contribution in [0.2, 0.25) is 0 Å². The van der Waals surface area contributed by atoms with Crippen molar-refractivity contribution in [3.8, 4) is 0 Å². The van der Waals surface area contributed by atoms with Gasteiger partial charge in [0.05, 0.1) is 0 Å². The predicted octanol–water partition coefficient (Wildman–Crippen LogP) is 3.68. The number of halogens is 2. The number of rotatable bonds is 8. The van der Waals surface area contributed by atoms with Crippen LogP contribution in [0.4, 0.5) is 8.78 Å². The molecule has 0 spiro atoms. The second-order valence-electron chi connectivity index (χ2n) is 4.31. The molecule has 0 saturated heterocycles. The third-order valence-corrected chi connectivity index (χ3v) is 2.73. The Kier molecular flexibility index (Phi) is 6.78. The summed E-state index contributed by atoms with van der Waals surface area (Å²) in [5.74, 6) is -1.51. The summed E-state index contributed by atoms with van der Waals surface area (Å²) in [7, 11) is 0. The van der Waals surface area contributed by atoms with Gasteiger partial charge in [-0.25, -0.2) is 8.78 Å². The van der Waals surface area contributed by atoms with E-state index in [9.17, 15) is 8.78 Å². The van der Waals surface area contributed by atoms with Crippen molar-refractivity contribution < 1.29 is 8.78 Å². The first-order valence-electron chi connectivity index (χ1n) is 6.38. The van der Waals surface area contributed by atoms with E-state index in [2.05, 4.69) is 12.2 Å². The fourth-order valence-corrected chi connectivity index (χ4v) is 1.75. The lowest BCUT2D eigenvalue weighted by atomic mass is 10.1. The molecule has 1 aromatic rings. The molecule has 0 aliphatic carbocycles. The fourth-order valence-electron chi connectivity index (χ4n) is 1.75. The first-order chi connectivity index (χ1) is 8.24. The maximum atomic E-state index is 12.9. The van der Waals surface area contributed by atoms with Gasteiger partial charge in [0.15, 0.2) is 11.6 Å². The Morgan fingerprint density at radius 2 is 1.82 bits per heavy atom. The van der Waals surface area contributed by atoms with Gasteiger partial charge >= 0.3 is 0 Å². The molecule has 0 radical (unpaired) electrons. The largest absolute Gasteiger partial charge is 0.317 e. The molecule has 0 fully saturated rings. The van der Waals surface area contributed by atoms with Crippen LogP contribution in [-0.4, -0.2) is 13.1 Å². The van der Waals surface area contributed by atoms with Crippen LogP contribution >= 0.6 is 0 Å². The number of benzene rings is 1.